The lowest BCUT2D eigenvalue weighted by Gasteiger charge is -2.11. The molecule has 3 nitrogen and oxygen atoms in total. The molecule has 2 aromatic rings. The Bertz CT molecular complexity index is 558. The highest BCUT2D eigenvalue weighted by Crippen LogP contribution is 2.29. The van der Waals surface area contributed by atoms with Gasteiger partial charge in [-0.3, -0.25) is 0 Å². The fourth-order valence-electron chi connectivity index (χ4n) is 1.42. The Hall–Kier alpha value is -1.82. The van der Waals surface area contributed by atoms with Gasteiger partial charge in [-0.15, -0.1) is 5.10 Å². The third-order valence-electron chi connectivity index (χ3n) is 2.21. The molecule has 1 aromatic carbocycles. The number of benzene rings is 1. The van der Waals surface area contributed by atoms with E-state index in [0.717, 1.165) is 0 Å². The molecule has 0 spiro atoms. The molecule has 2 rings (SSSR count). The molecule has 0 amide bonds. The van der Waals surface area contributed by atoms with Crippen LogP contribution in [0.25, 0.3) is 11.1 Å². The Morgan fingerprint density at radius 2 is 1.79 bits per heavy atom. The summed E-state index contributed by atoms with van der Waals surface area (Å²) in [6.07, 6.45) is -3.04. The summed E-state index contributed by atoms with van der Waals surface area (Å²) in [5, 5.41) is 7.63. The van der Waals surface area contributed by atoms with Gasteiger partial charge in [0, 0.05) is 10.6 Å². The Labute approximate surface area is 112 Å². The first-order valence-electron chi connectivity index (χ1n) is 5.23. The number of rotatable bonds is 3. The summed E-state index contributed by atoms with van der Waals surface area (Å²) < 4.78 is 41.1. The molecule has 0 saturated carbocycles. The minimum atomic E-state index is -4.42. The number of ether oxygens (including phenoxy) is 1. The lowest BCUT2D eigenvalue weighted by Crippen LogP contribution is -2.20. The molecule has 0 aliphatic heterocycles. The van der Waals surface area contributed by atoms with Gasteiger partial charge >= 0.3 is 6.18 Å². The van der Waals surface area contributed by atoms with Crippen molar-refractivity contribution in [2.24, 2.45) is 0 Å². The van der Waals surface area contributed by atoms with Gasteiger partial charge in [-0.1, -0.05) is 23.7 Å². The maximum Gasteiger partial charge on any atom is 0.422 e. The summed E-state index contributed by atoms with van der Waals surface area (Å²) in [4.78, 5) is 0. The predicted octanol–water partition coefficient (Wildman–Crippen LogP) is 3.74. The van der Waals surface area contributed by atoms with E-state index in [1.54, 1.807) is 24.3 Å². The molecule has 1 aromatic heterocycles. The maximum absolute atomic E-state index is 12.1. The van der Waals surface area contributed by atoms with E-state index in [4.69, 9.17) is 11.6 Å². The van der Waals surface area contributed by atoms with Crippen LogP contribution in [0, 0.1) is 0 Å². The van der Waals surface area contributed by atoms with Gasteiger partial charge in [0.25, 0.3) is 0 Å². The predicted molar refractivity (Wildman–Crippen MR) is 64.0 cm³/mol. The highest BCUT2D eigenvalue weighted by Gasteiger charge is 2.29. The second kappa shape index (κ2) is 5.44. The quantitative estimate of drug-likeness (QED) is 0.863. The zero-order valence-corrected chi connectivity index (χ0v) is 10.2. The molecule has 0 unspecified atom stereocenters. The van der Waals surface area contributed by atoms with E-state index in [-0.39, 0.29) is 5.88 Å². The zero-order valence-electron chi connectivity index (χ0n) is 9.49. The van der Waals surface area contributed by atoms with Gasteiger partial charge < -0.3 is 4.74 Å². The minimum absolute atomic E-state index is 0.165. The maximum atomic E-state index is 12.1. The van der Waals surface area contributed by atoms with E-state index in [0.29, 0.717) is 16.1 Å². The van der Waals surface area contributed by atoms with Crippen molar-refractivity contribution >= 4 is 11.6 Å². The average molecular weight is 289 g/mol. The number of nitrogens with zero attached hydrogens (tertiary/aromatic N) is 2. The summed E-state index contributed by atoms with van der Waals surface area (Å²) in [7, 11) is 0. The van der Waals surface area contributed by atoms with Crippen molar-refractivity contribution in [3.05, 3.63) is 41.6 Å². The third-order valence-corrected chi connectivity index (χ3v) is 2.47. The Balaban J connectivity index is 2.28. The van der Waals surface area contributed by atoms with Crippen molar-refractivity contribution in [3.63, 3.8) is 0 Å². The number of halogens is 4. The molecule has 1 heterocycles. The molecule has 0 N–H and O–H groups in total. The molecule has 0 radical (unpaired) electrons. The van der Waals surface area contributed by atoms with E-state index in [1.165, 1.54) is 12.3 Å². The molecule has 100 valence electrons. The van der Waals surface area contributed by atoms with Gasteiger partial charge in [-0.25, -0.2) is 0 Å². The van der Waals surface area contributed by atoms with Gasteiger partial charge in [0.2, 0.25) is 5.88 Å². The Morgan fingerprint density at radius 1 is 1.11 bits per heavy atom. The number of aromatic nitrogens is 2. The molecule has 0 saturated heterocycles. The first kappa shape index (κ1) is 13.6. The fraction of sp³-hybridized carbons (Fsp3) is 0.167. The normalized spacial score (nSPS) is 11.4. The molecular formula is C12H8ClF3N2O. The summed E-state index contributed by atoms with van der Waals surface area (Å²) in [6, 6.07) is 8.12. The highest BCUT2D eigenvalue weighted by molar-refractivity contribution is 6.30. The molecule has 7 heteroatoms. The van der Waals surface area contributed by atoms with E-state index in [1.807, 2.05) is 0 Å². The van der Waals surface area contributed by atoms with E-state index < -0.39 is 12.8 Å². The van der Waals surface area contributed by atoms with Gasteiger partial charge in [0.05, 0.1) is 6.20 Å². The van der Waals surface area contributed by atoms with Crippen LogP contribution in [0.15, 0.2) is 36.5 Å². The van der Waals surface area contributed by atoms with E-state index >= 15 is 0 Å². The van der Waals surface area contributed by atoms with Crippen LogP contribution in [0.1, 0.15) is 0 Å². The highest BCUT2D eigenvalue weighted by atomic mass is 35.5. The smallest absolute Gasteiger partial charge is 0.422 e. The van der Waals surface area contributed by atoms with Crippen molar-refractivity contribution in [1.82, 2.24) is 10.2 Å². The number of alkyl halides is 3. The molecule has 0 bridgehead atoms. The summed E-state index contributed by atoms with van der Waals surface area (Å²) in [5.74, 6) is -0.165. The lowest BCUT2D eigenvalue weighted by atomic mass is 10.1. The molecule has 0 aliphatic carbocycles. The van der Waals surface area contributed by atoms with Crippen LogP contribution in [-0.2, 0) is 0 Å². The Kier molecular flexibility index (Phi) is 3.90. The van der Waals surface area contributed by atoms with Gasteiger partial charge in [0.1, 0.15) is 0 Å². The number of hydrogen-bond donors (Lipinski definition) is 0. The largest absolute Gasteiger partial charge is 0.467 e. The molecule has 0 aliphatic rings. The van der Waals surface area contributed by atoms with Crippen molar-refractivity contribution in [2.45, 2.75) is 6.18 Å². The van der Waals surface area contributed by atoms with Crippen molar-refractivity contribution in [3.8, 4) is 17.0 Å². The molecular weight excluding hydrogens is 281 g/mol. The zero-order chi connectivity index (χ0) is 13.9. The molecule has 0 fully saturated rings. The minimum Gasteiger partial charge on any atom is -0.467 e. The monoisotopic (exact) mass is 288 g/mol. The van der Waals surface area contributed by atoms with Crippen LogP contribution in [0.4, 0.5) is 13.2 Å². The van der Waals surface area contributed by atoms with Crippen LogP contribution >= 0.6 is 11.6 Å². The molecule has 0 atom stereocenters. The lowest BCUT2D eigenvalue weighted by molar-refractivity contribution is -0.154. The Morgan fingerprint density at radius 3 is 2.42 bits per heavy atom. The van der Waals surface area contributed by atoms with Crippen LogP contribution in [0.5, 0.6) is 5.88 Å². The van der Waals surface area contributed by atoms with Crippen LogP contribution in [0.3, 0.4) is 0 Å². The van der Waals surface area contributed by atoms with Gasteiger partial charge in [-0.05, 0) is 23.8 Å². The number of hydrogen-bond acceptors (Lipinski definition) is 3. The van der Waals surface area contributed by atoms with E-state index in [9.17, 15) is 13.2 Å². The van der Waals surface area contributed by atoms with E-state index in [2.05, 4.69) is 14.9 Å². The summed E-state index contributed by atoms with van der Waals surface area (Å²) >= 11 is 5.75. The second-order valence-corrected chi connectivity index (χ2v) is 4.10. The second-order valence-electron chi connectivity index (χ2n) is 3.66. The topological polar surface area (TPSA) is 35.0 Å². The van der Waals surface area contributed by atoms with Crippen molar-refractivity contribution in [1.29, 1.82) is 0 Å². The average Bonchev–Trinajstić information content (AvgIpc) is 2.37. The molecule has 19 heavy (non-hydrogen) atoms. The SMILES string of the molecule is FC(F)(F)COc1nnccc1-c1ccc(Cl)cc1. The summed E-state index contributed by atoms with van der Waals surface area (Å²) in [5.41, 5.74) is 1.08. The van der Waals surface area contributed by atoms with Gasteiger partial charge in [0.15, 0.2) is 6.61 Å². The first-order chi connectivity index (χ1) is 8.96. The first-order valence-corrected chi connectivity index (χ1v) is 5.61. The van der Waals surface area contributed by atoms with Crippen LogP contribution in [0.2, 0.25) is 5.02 Å². The fourth-order valence-corrected chi connectivity index (χ4v) is 1.55. The van der Waals surface area contributed by atoms with Crippen molar-refractivity contribution in [2.75, 3.05) is 6.61 Å². The van der Waals surface area contributed by atoms with Crippen LogP contribution < -0.4 is 4.74 Å². The van der Waals surface area contributed by atoms with Crippen molar-refractivity contribution < 1.29 is 17.9 Å². The van der Waals surface area contributed by atoms with Crippen LogP contribution in [-0.4, -0.2) is 23.0 Å². The standard InChI is InChI=1S/C12H8ClF3N2O/c13-9-3-1-8(2-4-9)10-5-6-17-18-11(10)19-7-12(14,15)16/h1-6H,7H2. The summed E-state index contributed by atoms with van der Waals surface area (Å²) in [6.45, 7) is -1.41. The van der Waals surface area contributed by atoms with Gasteiger partial charge in [-0.2, -0.15) is 18.3 Å². The third kappa shape index (κ3) is 3.82.